The molecule has 1 amide bonds. The van der Waals surface area contributed by atoms with E-state index in [1.54, 1.807) is 0 Å². The van der Waals surface area contributed by atoms with E-state index in [0.29, 0.717) is 12.8 Å². The number of carbonyl (C=O) groups is 2. The van der Waals surface area contributed by atoms with Gasteiger partial charge < -0.3 is 20.1 Å². The van der Waals surface area contributed by atoms with E-state index in [0.717, 1.165) is 77.0 Å². The summed E-state index contributed by atoms with van der Waals surface area (Å²) in [6, 6.07) is 0. The fourth-order valence-electron chi connectivity index (χ4n) is 4.44. The maximum Gasteiger partial charge on any atom is 0.472 e. The number of amides is 1. The molecule has 3 N–H and O–H groups in total. The number of unbranched alkanes of at least 4 members (excludes halogenated alkanes) is 7. The molecule has 0 saturated carbocycles. The van der Waals surface area contributed by atoms with Crippen molar-refractivity contribution < 1.29 is 37.9 Å². The first-order chi connectivity index (χ1) is 24.8. The normalized spacial score (nSPS) is 14.4. The van der Waals surface area contributed by atoms with Crippen LogP contribution in [0.2, 0.25) is 0 Å². The lowest BCUT2D eigenvalue weighted by atomic mass is 10.1. The zero-order valence-corrected chi connectivity index (χ0v) is 32.4. The average Bonchev–Trinajstić information content (AvgIpc) is 3.11. The minimum absolute atomic E-state index is 0.0635. The van der Waals surface area contributed by atoms with Gasteiger partial charge in [0.25, 0.3) is 0 Å². The maximum atomic E-state index is 12.0. The van der Waals surface area contributed by atoms with Gasteiger partial charge in [-0.15, -0.1) is 0 Å². The van der Waals surface area contributed by atoms with Crippen molar-refractivity contribution in [3.8, 4) is 0 Å². The van der Waals surface area contributed by atoms with E-state index in [4.69, 9.17) is 13.8 Å². The first kappa shape index (κ1) is 48.2. The lowest BCUT2D eigenvalue weighted by Gasteiger charge is -2.15. The van der Waals surface area contributed by atoms with Crippen LogP contribution in [0.1, 0.15) is 129 Å². The Morgan fingerprint density at radius 2 is 1.14 bits per heavy atom. The quantitative estimate of drug-likeness (QED) is 0.0258. The number of carbonyl (C=O) groups excluding carboxylic acids is 2. The topological polar surface area (TPSA) is 131 Å². The van der Waals surface area contributed by atoms with E-state index in [2.05, 4.69) is 92.1 Å². The molecule has 2 unspecified atom stereocenters. The second-order valence-electron chi connectivity index (χ2n) is 12.2. The highest BCUT2D eigenvalue weighted by molar-refractivity contribution is 7.47. The molecule has 0 aromatic carbocycles. The smallest absolute Gasteiger partial charge is 0.463 e. The first-order valence-corrected chi connectivity index (χ1v) is 20.6. The molecule has 0 aliphatic heterocycles. The monoisotopic (exact) mass is 733 g/mol. The average molecular weight is 734 g/mol. The van der Waals surface area contributed by atoms with E-state index < -0.39 is 26.5 Å². The predicted octanol–water partition coefficient (Wildman–Crippen LogP) is 10.1. The van der Waals surface area contributed by atoms with Crippen molar-refractivity contribution in [1.29, 1.82) is 0 Å². The van der Waals surface area contributed by atoms with Gasteiger partial charge in [0.15, 0.2) is 0 Å². The van der Waals surface area contributed by atoms with Crippen LogP contribution in [-0.4, -0.2) is 54.3 Å². The Balaban J connectivity index is 3.78. The van der Waals surface area contributed by atoms with Crippen LogP contribution in [0.5, 0.6) is 0 Å². The van der Waals surface area contributed by atoms with E-state index in [1.165, 1.54) is 19.3 Å². The Morgan fingerprint density at radius 3 is 1.73 bits per heavy atom. The largest absolute Gasteiger partial charge is 0.472 e. The first-order valence-electron chi connectivity index (χ1n) is 19.1. The molecular formula is C41H68NO8P. The van der Waals surface area contributed by atoms with Gasteiger partial charge in [0.1, 0.15) is 12.7 Å². The lowest BCUT2D eigenvalue weighted by Crippen LogP contribution is -2.27. The molecule has 0 spiro atoms. The molecule has 0 heterocycles. The molecule has 10 heteroatoms. The van der Waals surface area contributed by atoms with Crippen molar-refractivity contribution in [2.45, 2.75) is 136 Å². The molecule has 0 aliphatic carbocycles. The molecule has 0 saturated heterocycles. The molecule has 0 aromatic heterocycles. The number of hydrogen-bond acceptors (Lipinski definition) is 7. The zero-order chi connectivity index (χ0) is 37.5. The number of nitrogens with one attached hydrogen (secondary N) is 1. The number of aliphatic hydroxyl groups is 1. The van der Waals surface area contributed by atoms with Crippen LogP contribution in [0.15, 0.2) is 85.1 Å². The summed E-state index contributed by atoms with van der Waals surface area (Å²) in [4.78, 5) is 33.7. The Labute approximate surface area is 309 Å². The minimum Gasteiger partial charge on any atom is -0.463 e. The summed E-state index contributed by atoms with van der Waals surface area (Å²) in [5, 5.41) is 12.6. The molecule has 0 aliphatic rings. The van der Waals surface area contributed by atoms with Gasteiger partial charge in [-0.1, -0.05) is 131 Å². The van der Waals surface area contributed by atoms with Crippen molar-refractivity contribution in [1.82, 2.24) is 5.32 Å². The second-order valence-corrected chi connectivity index (χ2v) is 13.6. The molecule has 290 valence electrons. The fourth-order valence-corrected chi connectivity index (χ4v) is 5.20. The molecule has 0 rings (SSSR count). The maximum absolute atomic E-state index is 12.0. The van der Waals surface area contributed by atoms with Crippen molar-refractivity contribution in [2.75, 3.05) is 26.4 Å². The number of aliphatic hydroxyl groups excluding tert-OH is 1. The number of ether oxygens (including phenoxy) is 1. The number of allylic oxidation sites excluding steroid dienone is 14. The number of phosphoric ester groups is 1. The van der Waals surface area contributed by atoms with Gasteiger partial charge in [-0.05, 0) is 70.6 Å². The second kappa shape index (κ2) is 37.0. The summed E-state index contributed by atoms with van der Waals surface area (Å²) >= 11 is 0. The van der Waals surface area contributed by atoms with Crippen LogP contribution in [0.3, 0.4) is 0 Å². The molecule has 9 nitrogen and oxygen atoms in total. The van der Waals surface area contributed by atoms with Gasteiger partial charge in [0.2, 0.25) is 5.91 Å². The number of phosphoric acid groups is 1. The molecule has 0 aromatic rings. The van der Waals surface area contributed by atoms with Gasteiger partial charge in [0, 0.05) is 19.4 Å². The third-order valence-electron chi connectivity index (χ3n) is 7.32. The minimum atomic E-state index is -4.43. The van der Waals surface area contributed by atoms with Gasteiger partial charge in [0.05, 0.1) is 13.2 Å². The Hall–Kier alpha value is -2.81. The SMILES string of the molecule is CC/C=C\C/C=C\C/C=C\C/C=C\C/C=C\C/C=C\CCC(=O)OCC(O)COP(=O)(O)OCCNC(=O)CCCCCCC/C=C\CCCC. The Kier molecular flexibility index (Phi) is 34.9. The van der Waals surface area contributed by atoms with Crippen molar-refractivity contribution >= 4 is 19.7 Å². The van der Waals surface area contributed by atoms with Gasteiger partial charge in [-0.3, -0.25) is 18.6 Å². The summed E-state index contributed by atoms with van der Waals surface area (Å²) in [5.41, 5.74) is 0. The Bertz CT molecular complexity index is 1110. The van der Waals surface area contributed by atoms with Crippen LogP contribution < -0.4 is 5.32 Å². The molecule has 51 heavy (non-hydrogen) atoms. The highest BCUT2D eigenvalue weighted by atomic mass is 31.2. The van der Waals surface area contributed by atoms with Crippen molar-refractivity contribution in [2.24, 2.45) is 0 Å². The molecule has 0 bridgehead atoms. The molecule has 0 fully saturated rings. The summed E-state index contributed by atoms with van der Waals surface area (Å²) in [5.74, 6) is -0.623. The van der Waals surface area contributed by atoms with Gasteiger partial charge in [-0.25, -0.2) is 4.57 Å². The third kappa shape index (κ3) is 38.3. The third-order valence-corrected chi connectivity index (χ3v) is 8.31. The molecular weight excluding hydrogens is 665 g/mol. The Morgan fingerprint density at radius 1 is 0.627 bits per heavy atom. The molecule has 2 atom stereocenters. The van der Waals surface area contributed by atoms with Gasteiger partial charge >= 0.3 is 13.8 Å². The van der Waals surface area contributed by atoms with E-state index in [1.807, 2.05) is 12.2 Å². The number of hydrogen-bond donors (Lipinski definition) is 3. The van der Waals surface area contributed by atoms with Crippen molar-refractivity contribution in [3.63, 3.8) is 0 Å². The number of esters is 1. The highest BCUT2D eigenvalue weighted by Crippen LogP contribution is 2.42. The fraction of sp³-hybridized carbons (Fsp3) is 0.610. The summed E-state index contributed by atoms with van der Waals surface area (Å²) < 4.78 is 26.7. The number of rotatable bonds is 34. The van der Waals surface area contributed by atoms with Gasteiger partial charge in [-0.2, -0.15) is 0 Å². The standard InChI is InChI=1S/C41H68NO8P/c1-3-5-7-9-11-13-15-16-17-18-19-20-21-22-24-26-28-30-32-34-41(45)48-37-39(43)38-50-51(46,47)49-36-35-42-40(44)33-31-29-27-25-23-14-12-10-8-6-4-2/h5,7,10-13,16-17,19-20,22,24,28,30,39,43H,3-4,6,8-9,14-15,18,21,23,25-27,29,31-38H2,1-2H3,(H,42,44)(H,46,47)/b7-5-,12-10-,13-11-,17-16-,20-19-,24-22-,30-28-. The zero-order valence-electron chi connectivity index (χ0n) is 31.5. The van der Waals surface area contributed by atoms with Crippen LogP contribution in [-0.2, 0) is 27.9 Å². The lowest BCUT2D eigenvalue weighted by molar-refractivity contribution is -0.147. The van der Waals surface area contributed by atoms with E-state index in [9.17, 15) is 24.2 Å². The van der Waals surface area contributed by atoms with Crippen LogP contribution in [0.25, 0.3) is 0 Å². The summed E-state index contributed by atoms with van der Waals surface area (Å²) in [6.07, 6.45) is 45.3. The van der Waals surface area contributed by atoms with E-state index in [-0.39, 0.29) is 32.1 Å². The van der Waals surface area contributed by atoms with E-state index >= 15 is 0 Å². The molecule has 0 radical (unpaired) electrons. The van der Waals surface area contributed by atoms with Crippen LogP contribution in [0.4, 0.5) is 0 Å². The van der Waals surface area contributed by atoms with Crippen LogP contribution >= 0.6 is 7.82 Å². The van der Waals surface area contributed by atoms with Crippen molar-refractivity contribution in [3.05, 3.63) is 85.1 Å². The summed E-state index contributed by atoms with van der Waals surface area (Å²) in [7, 11) is -4.43. The summed E-state index contributed by atoms with van der Waals surface area (Å²) in [6.45, 7) is 3.26. The highest BCUT2D eigenvalue weighted by Gasteiger charge is 2.23. The van der Waals surface area contributed by atoms with Crippen LogP contribution in [0, 0.1) is 0 Å². The predicted molar refractivity (Wildman–Crippen MR) is 210 cm³/mol.